The van der Waals surface area contributed by atoms with E-state index in [2.05, 4.69) is 20.6 Å². The van der Waals surface area contributed by atoms with Crippen molar-refractivity contribution in [2.24, 2.45) is 0 Å². The molecule has 2 N–H and O–H groups in total. The molecule has 1 aromatic carbocycles. The number of anilines is 1. The van der Waals surface area contributed by atoms with Crippen molar-refractivity contribution >= 4 is 11.7 Å². The van der Waals surface area contributed by atoms with Gasteiger partial charge in [-0.1, -0.05) is 12.1 Å². The number of amides is 1. The first kappa shape index (κ1) is 17.8. The Hall–Kier alpha value is -2.54. The fourth-order valence-electron chi connectivity index (χ4n) is 2.01. The molecule has 1 amide bonds. The van der Waals surface area contributed by atoms with Gasteiger partial charge in [-0.3, -0.25) is 4.79 Å². The second-order valence-corrected chi connectivity index (χ2v) is 5.65. The van der Waals surface area contributed by atoms with Crippen LogP contribution in [0, 0.1) is 5.82 Å². The molecule has 1 aromatic heterocycles. The van der Waals surface area contributed by atoms with Gasteiger partial charge in [-0.25, -0.2) is 14.4 Å². The van der Waals surface area contributed by atoms with Crippen molar-refractivity contribution in [2.75, 3.05) is 39.0 Å². The van der Waals surface area contributed by atoms with Gasteiger partial charge in [0.15, 0.2) is 0 Å². The molecule has 0 aliphatic heterocycles. The SMILES string of the molecule is CN(C)CCNC(=O)c1cnc(NCCc2ccc(F)cc2)cn1. The highest BCUT2D eigenvalue weighted by Gasteiger charge is 2.07. The molecule has 128 valence electrons. The van der Waals surface area contributed by atoms with Crippen LogP contribution in [0.3, 0.4) is 0 Å². The second-order valence-electron chi connectivity index (χ2n) is 5.65. The predicted octanol–water partition coefficient (Wildman–Crippen LogP) is 1.56. The summed E-state index contributed by atoms with van der Waals surface area (Å²) in [5.74, 6) is 0.126. The van der Waals surface area contributed by atoms with Crippen LogP contribution in [-0.2, 0) is 6.42 Å². The molecule has 0 unspecified atom stereocenters. The molecule has 0 atom stereocenters. The van der Waals surface area contributed by atoms with Crippen molar-refractivity contribution < 1.29 is 9.18 Å². The lowest BCUT2D eigenvalue weighted by molar-refractivity contribution is 0.0945. The van der Waals surface area contributed by atoms with Gasteiger partial charge in [0.1, 0.15) is 17.3 Å². The molecule has 0 spiro atoms. The quantitative estimate of drug-likeness (QED) is 0.768. The first-order valence-electron chi connectivity index (χ1n) is 7.78. The van der Waals surface area contributed by atoms with Crippen molar-refractivity contribution in [3.63, 3.8) is 0 Å². The number of hydrogen-bond donors (Lipinski definition) is 2. The third-order valence-corrected chi connectivity index (χ3v) is 3.36. The molecule has 1 heterocycles. The smallest absolute Gasteiger partial charge is 0.271 e. The van der Waals surface area contributed by atoms with Gasteiger partial charge in [0, 0.05) is 19.6 Å². The Kier molecular flexibility index (Phi) is 6.62. The number of benzene rings is 1. The third-order valence-electron chi connectivity index (χ3n) is 3.36. The van der Waals surface area contributed by atoms with E-state index in [0.717, 1.165) is 18.5 Å². The zero-order valence-corrected chi connectivity index (χ0v) is 13.9. The maximum Gasteiger partial charge on any atom is 0.271 e. The minimum atomic E-state index is -0.239. The molecule has 2 aromatic rings. The molecule has 2 rings (SSSR count). The third kappa shape index (κ3) is 5.92. The minimum Gasteiger partial charge on any atom is -0.368 e. The Morgan fingerprint density at radius 1 is 1.12 bits per heavy atom. The first-order valence-corrected chi connectivity index (χ1v) is 7.78. The summed E-state index contributed by atoms with van der Waals surface area (Å²) in [6, 6.07) is 6.39. The summed E-state index contributed by atoms with van der Waals surface area (Å²) in [4.78, 5) is 22.2. The number of aromatic nitrogens is 2. The molecule has 0 aliphatic carbocycles. The van der Waals surface area contributed by atoms with E-state index in [0.29, 0.717) is 18.9 Å². The molecule has 0 bridgehead atoms. The molecule has 0 saturated heterocycles. The van der Waals surface area contributed by atoms with Crippen LogP contribution in [0.2, 0.25) is 0 Å². The van der Waals surface area contributed by atoms with Gasteiger partial charge in [-0.05, 0) is 38.2 Å². The number of carbonyl (C=O) groups excluding carboxylic acids is 1. The Bertz CT molecular complexity index is 643. The largest absolute Gasteiger partial charge is 0.368 e. The summed E-state index contributed by atoms with van der Waals surface area (Å²) in [6.45, 7) is 1.97. The maximum absolute atomic E-state index is 12.8. The van der Waals surface area contributed by atoms with E-state index in [1.165, 1.54) is 24.5 Å². The lowest BCUT2D eigenvalue weighted by Crippen LogP contribution is -2.31. The van der Waals surface area contributed by atoms with Crippen molar-refractivity contribution in [1.29, 1.82) is 0 Å². The Morgan fingerprint density at radius 2 is 1.88 bits per heavy atom. The minimum absolute atomic E-state index is 0.234. The predicted molar refractivity (Wildman–Crippen MR) is 91.5 cm³/mol. The highest BCUT2D eigenvalue weighted by Crippen LogP contribution is 2.05. The van der Waals surface area contributed by atoms with E-state index in [9.17, 15) is 9.18 Å². The molecule has 0 saturated carbocycles. The van der Waals surface area contributed by atoms with Gasteiger partial charge in [0.2, 0.25) is 0 Å². The average Bonchev–Trinajstić information content (AvgIpc) is 2.57. The average molecular weight is 331 g/mol. The highest BCUT2D eigenvalue weighted by atomic mass is 19.1. The number of carbonyl (C=O) groups is 1. The molecule has 0 fully saturated rings. The zero-order valence-electron chi connectivity index (χ0n) is 13.9. The molecule has 7 heteroatoms. The van der Waals surface area contributed by atoms with Crippen molar-refractivity contribution in [2.45, 2.75) is 6.42 Å². The second kappa shape index (κ2) is 8.93. The summed E-state index contributed by atoms with van der Waals surface area (Å²) in [7, 11) is 3.89. The van der Waals surface area contributed by atoms with E-state index >= 15 is 0 Å². The van der Waals surface area contributed by atoms with Gasteiger partial charge in [0.05, 0.1) is 12.4 Å². The van der Waals surface area contributed by atoms with Gasteiger partial charge >= 0.3 is 0 Å². The van der Waals surface area contributed by atoms with Crippen LogP contribution in [0.25, 0.3) is 0 Å². The van der Waals surface area contributed by atoms with Crippen LogP contribution in [0.4, 0.5) is 10.2 Å². The summed E-state index contributed by atoms with van der Waals surface area (Å²) in [5, 5.41) is 5.91. The Balaban J connectivity index is 1.77. The monoisotopic (exact) mass is 331 g/mol. The fourth-order valence-corrected chi connectivity index (χ4v) is 2.01. The van der Waals surface area contributed by atoms with Crippen molar-refractivity contribution in [3.8, 4) is 0 Å². The molecular weight excluding hydrogens is 309 g/mol. The van der Waals surface area contributed by atoms with Gasteiger partial charge < -0.3 is 15.5 Å². The van der Waals surface area contributed by atoms with E-state index in [1.54, 1.807) is 12.1 Å². The number of hydrogen-bond acceptors (Lipinski definition) is 5. The first-order chi connectivity index (χ1) is 11.5. The summed E-state index contributed by atoms with van der Waals surface area (Å²) in [5.41, 5.74) is 1.33. The number of nitrogens with one attached hydrogen (secondary N) is 2. The summed E-state index contributed by atoms with van der Waals surface area (Å²) >= 11 is 0. The van der Waals surface area contributed by atoms with Crippen LogP contribution in [0.5, 0.6) is 0 Å². The number of likely N-dealkylation sites (N-methyl/N-ethyl adjacent to an activating group) is 1. The van der Waals surface area contributed by atoms with E-state index in [1.807, 2.05) is 19.0 Å². The van der Waals surface area contributed by atoms with Crippen LogP contribution < -0.4 is 10.6 Å². The number of rotatable bonds is 8. The van der Waals surface area contributed by atoms with Gasteiger partial charge in [-0.15, -0.1) is 0 Å². The topological polar surface area (TPSA) is 70.2 Å². The fraction of sp³-hybridized carbons (Fsp3) is 0.353. The van der Waals surface area contributed by atoms with E-state index < -0.39 is 0 Å². The van der Waals surface area contributed by atoms with Crippen LogP contribution in [0.1, 0.15) is 16.1 Å². The Morgan fingerprint density at radius 3 is 2.50 bits per heavy atom. The van der Waals surface area contributed by atoms with Crippen LogP contribution in [-0.4, -0.2) is 54.5 Å². The molecule has 24 heavy (non-hydrogen) atoms. The summed E-state index contributed by atoms with van der Waals surface area (Å²) < 4.78 is 12.8. The zero-order chi connectivity index (χ0) is 17.4. The summed E-state index contributed by atoms with van der Waals surface area (Å²) in [6.07, 6.45) is 3.73. The van der Waals surface area contributed by atoms with Crippen LogP contribution in [0.15, 0.2) is 36.7 Å². The lowest BCUT2D eigenvalue weighted by atomic mass is 10.1. The van der Waals surface area contributed by atoms with Gasteiger partial charge in [-0.2, -0.15) is 0 Å². The van der Waals surface area contributed by atoms with Crippen molar-refractivity contribution in [1.82, 2.24) is 20.2 Å². The molecule has 0 radical (unpaired) electrons. The number of nitrogens with zero attached hydrogens (tertiary/aromatic N) is 3. The maximum atomic E-state index is 12.8. The molecule has 6 nitrogen and oxygen atoms in total. The highest BCUT2D eigenvalue weighted by molar-refractivity contribution is 5.91. The van der Waals surface area contributed by atoms with Gasteiger partial charge in [0.25, 0.3) is 5.91 Å². The normalized spacial score (nSPS) is 10.7. The molecule has 0 aliphatic rings. The van der Waals surface area contributed by atoms with E-state index in [-0.39, 0.29) is 17.4 Å². The van der Waals surface area contributed by atoms with E-state index in [4.69, 9.17) is 0 Å². The van der Waals surface area contributed by atoms with Crippen LogP contribution >= 0.6 is 0 Å². The molecular formula is C17H22FN5O. The number of halogens is 1. The standard InChI is InChI=1S/C17H22FN5O/c1-23(2)10-9-20-17(24)15-11-22-16(12-21-15)19-8-7-13-3-5-14(18)6-4-13/h3-6,11-12H,7-10H2,1-2H3,(H,19,22)(H,20,24). The lowest BCUT2D eigenvalue weighted by Gasteiger charge is -2.10. The van der Waals surface area contributed by atoms with Crippen molar-refractivity contribution in [3.05, 3.63) is 53.7 Å². The Labute approximate surface area is 141 Å².